The van der Waals surface area contributed by atoms with Crippen LogP contribution in [0.2, 0.25) is 0 Å². The summed E-state index contributed by atoms with van der Waals surface area (Å²) in [6, 6.07) is 7.45. The van der Waals surface area contributed by atoms with Gasteiger partial charge in [-0.2, -0.15) is 0 Å². The van der Waals surface area contributed by atoms with E-state index in [1.807, 2.05) is 0 Å². The van der Waals surface area contributed by atoms with Crippen molar-refractivity contribution < 1.29 is 9.50 Å². The molecule has 2 aliphatic rings. The summed E-state index contributed by atoms with van der Waals surface area (Å²) in [7, 11) is 0. The molecule has 1 aromatic rings. The van der Waals surface area contributed by atoms with Gasteiger partial charge >= 0.3 is 0 Å². The van der Waals surface area contributed by atoms with Crippen LogP contribution < -0.4 is 5.32 Å². The normalized spacial score (nSPS) is 22.9. The van der Waals surface area contributed by atoms with E-state index in [1.54, 1.807) is 12.1 Å². The highest BCUT2D eigenvalue weighted by atomic mass is 19.1. The Morgan fingerprint density at radius 3 is 2.40 bits per heavy atom. The van der Waals surface area contributed by atoms with Gasteiger partial charge in [0.05, 0.1) is 6.10 Å². The van der Waals surface area contributed by atoms with Crippen molar-refractivity contribution in [2.75, 3.05) is 19.6 Å². The first-order chi connectivity index (χ1) is 9.72. The fourth-order valence-electron chi connectivity index (χ4n) is 2.99. The van der Waals surface area contributed by atoms with Gasteiger partial charge in [-0.05, 0) is 56.5 Å². The molecule has 0 unspecified atom stereocenters. The molecule has 0 amide bonds. The van der Waals surface area contributed by atoms with Crippen molar-refractivity contribution >= 4 is 0 Å². The summed E-state index contributed by atoms with van der Waals surface area (Å²) in [5.74, 6) is -0.263. The van der Waals surface area contributed by atoms with E-state index in [4.69, 9.17) is 0 Å². The van der Waals surface area contributed by atoms with E-state index < -0.39 is 6.10 Å². The highest BCUT2D eigenvalue weighted by molar-refractivity contribution is 5.18. The predicted octanol–water partition coefficient (Wildman–Crippen LogP) is 2.08. The number of likely N-dealkylation sites (tertiary alicyclic amines) is 1. The van der Waals surface area contributed by atoms with Crippen molar-refractivity contribution in [1.29, 1.82) is 0 Å². The highest BCUT2D eigenvalue weighted by Gasteiger charge is 2.31. The third-order valence-electron chi connectivity index (χ3n) is 4.45. The zero-order valence-corrected chi connectivity index (χ0v) is 11.8. The molecular weight excluding hydrogens is 255 g/mol. The van der Waals surface area contributed by atoms with Crippen LogP contribution in [0.1, 0.15) is 37.4 Å². The number of hydrogen-bond acceptors (Lipinski definition) is 3. The van der Waals surface area contributed by atoms with Crippen molar-refractivity contribution in [2.45, 2.75) is 43.9 Å². The van der Waals surface area contributed by atoms with E-state index >= 15 is 0 Å². The molecule has 3 rings (SSSR count). The van der Waals surface area contributed by atoms with Crippen LogP contribution in [0.3, 0.4) is 0 Å². The Morgan fingerprint density at radius 2 is 1.80 bits per heavy atom. The summed E-state index contributed by atoms with van der Waals surface area (Å²) < 4.78 is 12.8. The van der Waals surface area contributed by atoms with Crippen molar-refractivity contribution in [3.63, 3.8) is 0 Å². The highest BCUT2D eigenvalue weighted by Crippen LogP contribution is 2.29. The smallest absolute Gasteiger partial charge is 0.123 e. The zero-order chi connectivity index (χ0) is 13.9. The topological polar surface area (TPSA) is 35.5 Å². The van der Waals surface area contributed by atoms with E-state index in [0.717, 1.165) is 24.4 Å². The lowest BCUT2D eigenvalue weighted by Crippen LogP contribution is -2.44. The van der Waals surface area contributed by atoms with Gasteiger partial charge in [-0.15, -0.1) is 0 Å². The average molecular weight is 278 g/mol. The van der Waals surface area contributed by atoms with Gasteiger partial charge in [0, 0.05) is 18.6 Å². The molecule has 1 heterocycles. The third-order valence-corrected chi connectivity index (χ3v) is 4.45. The standard InChI is InChI=1S/C16H23FN2O/c17-13-3-1-12(2-4-13)16(20)11-18-14-7-9-19(10-8-14)15-5-6-15/h1-4,14-16,18,20H,5-11H2/t16-/m0/s1. The summed E-state index contributed by atoms with van der Waals surface area (Å²) in [6.07, 6.45) is 4.51. The lowest BCUT2D eigenvalue weighted by molar-refractivity contribution is 0.149. The molecule has 1 saturated carbocycles. The van der Waals surface area contributed by atoms with Crippen molar-refractivity contribution in [1.82, 2.24) is 10.2 Å². The number of aliphatic hydroxyl groups is 1. The van der Waals surface area contributed by atoms with Crippen LogP contribution in [0, 0.1) is 5.82 Å². The van der Waals surface area contributed by atoms with Gasteiger partial charge in [-0.1, -0.05) is 12.1 Å². The molecule has 3 nitrogen and oxygen atoms in total. The first-order valence-electron chi connectivity index (χ1n) is 7.63. The molecule has 0 spiro atoms. The molecule has 110 valence electrons. The number of halogens is 1. The fraction of sp³-hybridized carbons (Fsp3) is 0.625. The second kappa shape index (κ2) is 6.20. The Hall–Kier alpha value is -0.970. The maximum atomic E-state index is 12.8. The Labute approximate surface area is 119 Å². The van der Waals surface area contributed by atoms with E-state index in [2.05, 4.69) is 10.2 Å². The minimum atomic E-state index is -0.558. The monoisotopic (exact) mass is 278 g/mol. The van der Waals surface area contributed by atoms with Gasteiger partial charge in [0.15, 0.2) is 0 Å². The number of hydrogen-bond donors (Lipinski definition) is 2. The maximum Gasteiger partial charge on any atom is 0.123 e. The Kier molecular flexibility index (Phi) is 4.34. The van der Waals surface area contributed by atoms with Gasteiger partial charge in [-0.25, -0.2) is 4.39 Å². The molecule has 2 N–H and O–H groups in total. The quantitative estimate of drug-likeness (QED) is 0.865. The second-order valence-corrected chi connectivity index (χ2v) is 6.02. The van der Waals surface area contributed by atoms with E-state index in [1.165, 1.54) is 38.1 Å². The molecule has 0 radical (unpaired) electrons. The lowest BCUT2D eigenvalue weighted by atomic mass is 10.0. The Balaban J connectivity index is 1.41. The van der Waals surface area contributed by atoms with Crippen molar-refractivity contribution in [2.24, 2.45) is 0 Å². The van der Waals surface area contributed by atoms with Crippen LogP contribution in [-0.4, -0.2) is 41.7 Å². The molecule has 0 aromatic heterocycles. The van der Waals surface area contributed by atoms with Gasteiger partial charge in [0.2, 0.25) is 0 Å². The molecule has 1 aliphatic carbocycles. The number of nitrogens with zero attached hydrogens (tertiary/aromatic N) is 1. The van der Waals surface area contributed by atoms with Gasteiger partial charge in [0.1, 0.15) is 5.82 Å². The number of rotatable bonds is 5. The van der Waals surface area contributed by atoms with Crippen LogP contribution in [0.15, 0.2) is 24.3 Å². The van der Waals surface area contributed by atoms with Gasteiger partial charge in [0.25, 0.3) is 0 Å². The first-order valence-corrected chi connectivity index (χ1v) is 7.63. The second-order valence-electron chi connectivity index (χ2n) is 6.02. The summed E-state index contributed by atoms with van der Waals surface area (Å²) in [4.78, 5) is 2.59. The molecule has 1 aromatic carbocycles. The number of piperidine rings is 1. The van der Waals surface area contributed by atoms with Crippen LogP contribution >= 0.6 is 0 Å². The van der Waals surface area contributed by atoms with E-state index in [9.17, 15) is 9.50 Å². The Morgan fingerprint density at radius 1 is 1.15 bits per heavy atom. The van der Waals surface area contributed by atoms with Crippen LogP contribution in [0.4, 0.5) is 4.39 Å². The molecule has 0 bridgehead atoms. The minimum absolute atomic E-state index is 0.263. The number of benzene rings is 1. The molecule has 1 atom stereocenters. The van der Waals surface area contributed by atoms with E-state index in [0.29, 0.717) is 12.6 Å². The molecule has 1 aliphatic heterocycles. The van der Waals surface area contributed by atoms with Gasteiger partial charge < -0.3 is 15.3 Å². The summed E-state index contributed by atoms with van der Waals surface area (Å²) in [6.45, 7) is 2.89. The fourth-order valence-corrected chi connectivity index (χ4v) is 2.99. The first kappa shape index (κ1) is 14.0. The predicted molar refractivity (Wildman–Crippen MR) is 77.0 cm³/mol. The molecule has 4 heteroatoms. The summed E-state index contributed by atoms with van der Waals surface area (Å²) >= 11 is 0. The van der Waals surface area contributed by atoms with Crippen LogP contribution in [0.25, 0.3) is 0 Å². The summed E-state index contributed by atoms with van der Waals surface area (Å²) in [5.41, 5.74) is 0.773. The largest absolute Gasteiger partial charge is 0.387 e. The lowest BCUT2D eigenvalue weighted by Gasteiger charge is -2.33. The van der Waals surface area contributed by atoms with Gasteiger partial charge in [-0.3, -0.25) is 0 Å². The Bertz CT molecular complexity index is 425. The average Bonchev–Trinajstić information content (AvgIpc) is 3.31. The molecular formula is C16H23FN2O. The van der Waals surface area contributed by atoms with Crippen LogP contribution in [0.5, 0.6) is 0 Å². The molecule has 2 fully saturated rings. The SMILES string of the molecule is O[C@@H](CNC1CCN(C2CC2)CC1)c1ccc(F)cc1. The summed E-state index contributed by atoms with van der Waals surface area (Å²) in [5, 5.41) is 13.5. The molecule has 20 heavy (non-hydrogen) atoms. The van der Waals surface area contributed by atoms with Crippen LogP contribution in [-0.2, 0) is 0 Å². The number of nitrogens with one attached hydrogen (secondary N) is 1. The zero-order valence-electron chi connectivity index (χ0n) is 11.8. The number of aliphatic hydroxyl groups excluding tert-OH is 1. The van der Waals surface area contributed by atoms with E-state index in [-0.39, 0.29) is 5.82 Å². The maximum absolute atomic E-state index is 12.8. The molecule has 1 saturated heterocycles. The van der Waals surface area contributed by atoms with Crippen molar-refractivity contribution in [3.8, 4) is 0 Å². The third kappa shape index (κ3) is 3.57. The van der Waals surface area contributed by atoms with Crippen molar-refractivity contribution in [3.05, 3.63) is 35.6 Å². The minimum Gasteiger partial charge on any atom is -0.387 e.